The first-order valence-electron chi connectivity index (χ1n) is 5.20. The van der Waals surface area contributed by atoms with E-state index in [0.717, 1.165) is 0 Å². The van der Waals surface area contributed by atoms with Crippen LogP contribution in [0.4, 0.5) is 0 Å². The predicted molar refractivity (Wildman–Crippen MR) is 58.8 cm³/mol. The summed E-state index contributed by atoms with van der Waals surface area (Å²) in [7, 11) is 0. The predicted octanol–water partition coefficient (Wildman–Crippen LogP) is 0.980. The molecule has 96 valence electrons. The summed E-state index contributed by atoms with van der Waals surface area (Å²) in [6.45, 7) is 8.17. The summed E-state index contributed by atoms with van der Waals surface area (Å²) >= 11 is 0. The number of aliphatic hydroxyl groups is 1. The molecule has 0 radical (unpaired) electrons. The molecule has 0 aliphatic carbocycles. The standard InChI is InChI=1S/C11H17NO5/c1-10(2,3)12-7(13)6-8(14)16-11(4,5)17-9(6)15/h14H,1-5H3,(H,12,13). The zero-order chi connectivity index (χ0) is 13.4. The van der Waals surface area contributed by atoms with Crippen LogP contribution in [0.5, 0.6) is 0 Å². The van der Waals surface area contributed by atoms with Crippen molar-refractivity contribution in [3.63, 3.8) is 0 Å². The minimum Gasteiger partial charge on any atom is -0.480 e. The maximum absolute atomic E-state index is 11.7. The van der Waals surface area contributed by atoms with Gasteiger partial charge in [-0.2, -0.15) is 0 Å². The third-order valence-electron chi connectivity index (χ3n) is 1.81. The van der Waals surface area contributed by atoms with Gasteiger partial charge in [-0.1, -0.05) is 0 Å². The Morgan fingerprint density at radius 3 is 2.24 bits per heavy atom. The van der Waals surface area contributed by atoms with Crippen LogP contribution in [0.2, 0.25) is 0 Å². The Kier molecular flexibility index (Phi) is 3.09. The molecule has 0 spiro atoms. The van der Waals surface area contributed by atoms with Crippen molar-refractivity contribution in [1.82, 2.24) is 5.32 Å². The van der Waals surface area contributed by atoms with Crippen LogP contribution in [0.1, 0.15) is 34.6 Å². The van der Waals surface area contributed by atoms with Crippen molar-refractivity contribution >= 4 is 11.9 Å². The van der Waals surface area contributed by atoms with Crippen LogP contribution < -0.4 is 5.32 Å². The Morgan fingerprint density at radius 1 is 1.29 bits per heavy atom. The minimum atomic E-state index is -1.27. The highest BCUT2D eigenvalue weighted by Gasteiger charge is 2.40. The molecule has 6 heteroatoms. The molecule has 6 nitrogen and oxygen atoms in total. The molecule has 0 atom stereocenters. The van der Waals surface area contributed by atoms with E-state index in [4.69, 9.17) is 9.47 Å². The van der Waals surface area contributed by atoms with Crippen LogP contribution in [0.15, 0.2) is 11.5 Å². The normalized spacial score (nSPS) is 19.5. The lowest BCUT2D eigenvalue weighted by Crippen LogP contribution is -2.46. The Morgan fingerprint density at radius 2 is 1.82 bits per heavy atom. The molecule has 1 amide bonds. The van der Waals surface area contributed by atoms with Crippen molar-refractivity contribution in [3.8, 4) is 0 Å². The molecular formula is C11H17NO5. The molecule has 2 N–H and O–H groups in total. The molecule has 1 aliphatic rings. The number of amides is 1. The lowest BCUT2D eigenvalue weighted by molar-refractivity contribution is -0.221. The summed E-state index contributed by atoms with van der Waals surface area (Å²) in [4.78, 5) is 23.3. The fourth-order valence-electron chi connectivity index (χ4n) is 1.26. The van der Waals surface area contributed by atoms with Crippen LogP contribution in [0, 0.1) is 0 Å². The summed E-state index contributed by atoms with van der Waals surface area (Å²) < 4.78 is 9.78. The smallest absolute Gasteiger partial charge is 0.354 e. The second-order valence-electron chi connectivity index (χ2n) is 5.28. The Hall–Kier alpha value is -1.72. The maximum Gasteiger partial charge on any atom is 0.354 e. The average Bonchev–Trinajstić information content (AvgIpc) is 1.94. The van der Waals surface area contributed by atoms with Gasteiger partial charge >= 0.3 is 11.9 Å². The van der Waals surface area contributed by atoms with Crippen molar-refractivity contribution in [1.29, 1.82) is 0 Å². The number of esters is 1. The molecule has 0 aromatic rings. The van der Waals surface area contributed by atoms with Crippen molar-refractivity contribution in [3.05, 3.63) is 11.5 Å². The second kappa shape index (κ2) is 3.94. The molecule has 0 saturated carbocycles. The highest BCUT2D eigenvalue weighted by atomic mass is 16.8. The number of aliphatic hydroxyl groups excluding tert-OH is 1. The fraction of sp³-hybridized carbons (Fsp3) is 0.636. The first kappa shape index (κ1) is 13.3. The number of hydrogen-bond donors (Lipinski definition) is 2. The van der Waals surface area contributed by atoms with Gasteiger partial charge < -0.3 is 19.9 Å². The molecule has 0 saturated heterocycles. The zero-order valence-corrected chi connectivity index (χ0v) is 10.6. The van der Waals surface area contributed by atoms with Gasteiger partial charge in [-0.25, -0.2) is 4.79 Å². The molecule has 0 aromatic carbocycles. The van der Waals surface area contributed by atoms with Gasteiger partial charge in [0.15, 0.2) is 0 Å². The van der Waals surface area contributed by atoms with Gasteiger partial charge in [-0.05, 0) is 20.8 Å². The van der Waals surface area contributed by atoms with Crippen molar-refractivity contribution < 1.29 is 24.2 Å². The lowest BCUT2D eigenvalue weighted by atomic mass is 10.1. The van der Waals surface area contributed by atoms with Gasteiger partial charge in [0.2, 0.25) is 5.57 Å². The first-order chi connectivity index (χ1) is 7.52. The van der Waals surface area contributed by atoms with Crippen LogP contribution in [-0.4, -0.2) is 28.3 Å². The highest BCUT2D eigenvalue weighted by Crippen LogP contribution is 2.25. The third kappa shape index (κ3) is 3.37. The number of ether oxygens (including phenoxy) is 2. The maximum atomic E-state index is 11.7. The Labute approximate surface area is 99.6 Å². The van der Waals surface area contributed by atoms with E-state index in [9.17, 15) is 14.7 Å². The fourth-order valence-corrected chi connectivity index (χ4v) is 1.26. The van der Waals surface area contributed by atoms with Gasteiger partial charge in [0.05, 0.1) is 0 Å². The Balaban J connectivity index is 2.97. The van der Waals surface area contributed by atoms with Gasteiger partial charge in [-0.3, -0.25) is 4.79 Å². The molecule has 1 rings (SSSR count). The summed E-state index contributed by atoms with van der Waals surface area (Å²) in [6, 6.07) is 0. The van der Waals surface area contributed by atoms with Crippen molar-refractivity contribution in [2.75, 3.05) is 0 Å². The molecule has 0 bridgehead atoms. The SMILES string of the molecule is CC(C)(C)NC(=O)C1=C(O)OC(C)(C)OC1=O. The van der Waals surface area contributed by atoms with E-state index in [-0.39, 0.29) is 0 Å². The number of nitrogens with one attached hydrogen (secondary N) is 1. The van der Waals surface area contributed by atoms with Crippen molar-refractivity contribution in [2.24, 2.45) is 0 Å². The van der Waals surface area contributed by atoms with Crippen LogP contribution in [-0.2, 0) is 19.1 Å². The van der Waals surface area contributed by atoms with Crippen LogP contribution >= 0.6 is 0 Å². The monoisotopic (exact) mass is 243 g/mol. The summed E-state index contributed by atoms with van der Waals surface area (Å²) in [5, 5.41) is 12.1. The van der Waals surface area contributed by atoms with E-state index in [1.54, 1.807) is 20.8 Å². The van der Waals surface area contributed by atoms with E-state index in [0.29, 0.717) is 0 Å². The quantitative estimate of drug-likeness (QED) is 0.529. The zero-order valence-electron chi connectivity index (χ0n) is 10.6. The summed E-state index contributed by atoms with van der Waals surface area (Å²) in [5.74, 6) is -3.61. The number of rotatable bonds is 1. The minimum absolute atomic E-state index is 0.515. The van der Waals surface area contributed by atoms with E-state index >= 15 is 0 Å². The molecule has 17 heavy (non-hydrogen) atoms. The molecule has 1 heterocycles. The molecular weight excluding hydrogens is 226 g/mol. The van der Waals surface area contributed by atoms with E-state index in [1.807, 2.05) is 0 Å². The number of hydrogen-bond acceptors (Lipinski definition) is 5. The average molecular weight is 243 g/mol. The van der Waals surface area contributed by atoms with Gasteiger partial charge in [0.1, 0.15) is 0 Å². The van der Waals surface area contributed by atoms with Crippen LogP contribution in [0.25, 0.3) is 0 Å². The molecule has 0 aromatic heterocycles. The van der Waals surface area contributed by atoms with Gasteiger partial charge in [0, 0.05) is 19.4 Å². The van der Waals surface area contributed by atoms with E-state index in [2.05, 4.69) is 5.32 Å². The lowest BCUT2D eigenvalue weighted by Gasteiger charge is -2.31. The second-order valence-corrected chi connectivity index (χ2v) is 5.28. The van der Waals surface area contributed by atoms with Gasteiger partial charge in [-0.15, -0.1) is 0 Å². The number of carbonyl (C=O) groups is 2. The van der Waals surface area contributed by atoms with Crippen molar-refractivity contribution in [2.45, 2.75) is 45.9 Å². The summed E-state index contributed by atoms with van der Waals surface area (Å²) in [5.41, 5.74) is -1.04. The van der Waals surface area contributed by atoms with E-state index in [1.165, 1.54) is 13.8 Å². The van der Waals surface area contributed by atoms with Gasteiger partial charge in [0.25, 0.3) is 11.7 Å². The highest BCUT2D eigenvalue weighted by molar-refractivity contribution is 6.17. The summed E-state index contributed by atoms with van der Waals surface area (Å²) in [6.07, 6.45) is 0. The molecule has 1 aliphatic heterocycles. The molecule has 0 fully saturated rings. The van der Waals surface area contributed by atoms with E-state index < -0.39 is 34.7 Å². The third-order valence-corrected chi connectivity index (χ3v) is 1.81. The number of cyclic esters (lactones) is 1. The Bertz CT molecular complexity index is 389. The largest absolute Gasteiger partial charge is 0.480 e. The first-order valence-corrected chi connectivity index (χ1v) is 5.20. The molecule has 0 unspecified atom stereocenters. The van der Waals surface area contributed by atoms with Crippen LogP contribution in [0.3, 0.4) is 0 Å². The topological polar surface area (TPSA) is 84.9 Å². The number of carbonyl (C=O) groups excluding carboxylic acids is 2.